The van der Waals surface area contributed by atoms with Crippen molar-refractivity contribution in [2.45, 2.75) is 46.8 Å². The van der Waals surface area contributed by atoms with Gasteiger partial charge in [0.1, 0.15) is 11.9 Å². The fourth-order valence-corrected chi connectivity index (χ4v) is 2.43. The molecule has 0 aromatic heterocycles. The van der Waals surface area contributed by atoms with Crippen LogP contribution in [0.15, 0.2) is 12.1 Å². The van der Waals surface area contributed by atoms with Crippen molar-refractivity contribution in [2.24, 2.45) is 5.41 Å². The number of rotatable bonds is 4. The Bertz CT molecular complexity index is 432. The van der Waals surface area contributed by atoms with Gasteiger partial charge in [0.05, 0.1) is 13.2 Å². The molecule has 3 heteroatoms. The largest absolute Gasteiger partial charge is 0.496 e. The van der Waals surface area contributed by atoms with Crippen LogP contribution < -0.4 is 4.74 Å². The standard InChI is InChI=1S/C16H26O3/c1-10-8-9-12(14(18-6)11(10)2)13(17)15(19-7)16(3,4)5/h8-9,13,15,17H,1-7H3. The molecule has 0 amide bonds. The van der Waals surface area contributed by atoms with E-state index in [-0.39, 0.29) is 11.5 Å². The highest BCUT2D eigenvalue weighted by molar-refractivity contribution is 5.46. The van der Waals surface area contributed by atoms with Gasteiger partial charge >= 0.3 is 0 Å². The molecule has 0 fully saturated rings. The van der Waals surface area contributed by atoms with Crippen LogP contribution in [0, 0.1) is 19.3 Å². The number of hydrogen-bond donors (Lipinski definition) is 1. The fourth-order valence-electron chi connectivity index (χ4n) is 2.43. The summed E-state index contributed by atoms with van der Waals surface area (Å²) in [5.41, 5.74) is 2.84. The fraction of sp³-hybridized carbons (Fsp3) is 0.625. The highest BCUT2D eigenvalue weighted by Gasteiger charge is 2.34. The van der Waals surface area contributed by atoms with Gasteiger partial charge in [0.15, 0.2) is 0 Å². The van der Waals surface area contributed by atoms with Crippen LogP contribution in [0.1, 0.15) is 43.6 Å². The van der Waals surface area contributed by atoms with E-state index >= 15 is 0 Å². The molecule has 0 spiro atoms. The third-order valence-electron chi connectivity index (χ3n) is 3.62. The van der Waals surface area contributed by atoms with E-state index < -0.39 is 6.10 Å². The summed E-state index contributed by atoms with van der Waals surface area (Å²) in [6.45, 7) is 10.2. The molecule has 1 aromatic rings. The summed E-state index contributed by atoms with van der Waals surface area (Å²) in [7, 11) is 3.27. The van der Waals surface area contributed by atoms with Gasteiger partial charge in [0.2, 0.25) is 0 Å². The quantitative estimate of drug-likeness (QED) is 0.907. The molecule has 0 aliphatic heterocycles. The van der Waals surface area contributed by atoms with Crippen LogP contribution in [0.5, 0.6) is 5.75 Å². The summed E-state index contributed by atoms with van der Waals surface area (Å²) in [6, 6.07) is 3.93. The smallest absolute Gasteiger partial charge is 0.127 e. The van der Waals surface area contributed by atoms with Crippen LogP contribution in [0.2, 0.25) is 0 Å². The number of hydrogen-bond acceptors (Lipinski definition) is 3. The second-order valence-electron chi connectivity index (χ2n) is 6.10. The van der Waals surface area contributed by atoms with Crippen LogP contribution in [0.25, 0.3) is 0 Å². The first kappa shape index (κ1) is 16.0. The highest BCUT2D eigenvalue weighted by Crippen LogP contribution is 2.38. The summed E-state index contributed by atoms with van der Waals surface area (Å²) >= 11 is 0. The zero-order valence-corrected chi connectivity index (χ0v) is 13.1. The van der Waals surface area contributed by atoms with Crippen molar-refractivity contribution in [3.05, 3.63) is 28.8 Å². The van der Waals surface area contributed by atoms with Crippen molar-refractivity contribution in [1.82, 2.24) is 0 Å². The summed E-state index contributed by atoms with van der Waals surface area (Å²) in [4.78, 5) is 0. The highest BCUT2D eigenvalue weighted by atomic mass is 16.5. The predicted molar refractivity (Wildman–Crippen MR) is 77.7 cm³/mol. The minimum absolute atomic E-state index is 0.155. The summed E-state index contributed by atoms with van der Waals surface area (Å²) < 4.78 is 11.0. The molecule has 2 atom stereocenters. The molecule has 0 bridgehead atoms. The minimum Gasteiger partial charge on any atom is -0.496 e. The number of aryl methyl sites for hydroxylation is 1. The Labute approximate surface area is 116 Å². The number of methoxy groups -OCH3 is 2. The first-order chi connectivity index (χ1) is 8.73. The van der Waals surface area contributed by atoms with Crippen molar-refractivity contribution < 1.29 is 14.6 Å². The van der Waals surface area contributed by atoms with Crippen LogP contribution in [-0.4, -0.2) is 25.4 Å². The first-order valence-corrected chi connectivity index (χ1v) is 6.59. The number of aliphatic hydroxyl groups is 1. The van der Waals surface area contributed by atoms with Crippen molar-refractivity contribution in [2.75, 3.05) is 14.2 Å². The van der Waals surface area contributed by atoms with Crippen LogP contribution in [0.3, 0.4) is 0 Å². The maximum atomic E-state index is 10.6. The van der Waals surface area contributed by atoms with E-state index in [1.165, 1.54) is 0 Å². The molecule has 1 rings (SSSR count). The third kappa shape index (κ3) is 3.28. The van der Waals surface area contributed by atoms with Gasteiger partial charge in [-0.2, -0.15) is 0 Å². The second-order valence-corrected chi connectivity index (χ2v) is 6.10. The molecule has 0 saturated carbocycles. The Hall–Kier alpha value is -1.06. The van der Waals surface area contributed by atoms with E-state index in [1.54, 1.807) is 14.2 Å². The van der Waals surface area contributed by atoms with E-state index in [1.807, 2.05) is 26.0 Å². The number of ether oxygens (including phenoxy) is 2. The van der Waals surface area contributed by atoms with Crippen LogP contribution in [-0.2, 0) is 4.74 Å². The molecule has 0 aliphatic rings. The van der Waals surface area contributed by atoms with Crippen molar-refractivity contribution >= 4 is 0 Å². The molecule has 0 radical (unpaired) electrons. The van der Waals surface area contributed by atoms with Gasteiger partial charge in [-0.05, 0) is 30.4 Å². The van der Waals surface area contributed by atoms with E-state index in [0.29, 0.717) is 0 Å². The normalized spacial score (nSPS) is 15.2. The third-order valence-corrected chi connectivity index (χ3v) is 3.62. The van der Waals surface area contributed by atoms with Crippen molar-refractivity contribution in [3.8, 4) is 5.75 Å². The Kier molecular flexibility index (Phi) is 4.99. The SMILES string of the molecule is COc1c(C(O)C(OC)C(C)(C)C)ccc(C)c1C. The van der Waals surface area contributed by atoms with Gasteiger partial charge in [-0.25, -0.2) is 0 Å². The Morgan fingerprint density at radius 1 is 1.11 bits per heavy atom. The summed E-state index contributed by atoms with van der Waals surface area (Å²) in [5.74, 6) is 0.749. The van der Waals surface area contributed by atoms with Gasteiger partial charge in [-0.1, -0.05) is 32.9 Å². The first-order valence-electron chi connectivity index (χ1n) is 6.59. The average molecular weight is 266 g/mol. The minimum atomic E-state index is -0.709. The summed E-state index contributed by atoms with van der Waals surface area (Å²) in [5, 5.41) is 10.6. The monoisotopic (exact) mass is 266 g/mol. The molecule has 19 heavy (non-hydrogen) atoms. The molecular formula is C16H26O3. The summed E-state index contributed by atoms with van der Waals surface area (Å²) in [6.07, 6.45) is -0.997. The van der Waals surface area contributed by atoms with Gasteiger partial charge in [-0.15, -0.1) is 0 Å². The Morgan fingerprint density at radius 2 is 1.68 bits per heavy atom. The zero-order valence-electron chi connectivity index (χ0n) is 13.1. The molecule has 108 valence electrons. The molecule has 2 unspecified atom stereocenters. The molecule has 1 N–H and O–H groups in total. The van der Waals surface area contributed by atoms with Crippen LogP contribution in [0.4, 0.5) is 0 Å². The van der Waals surface area contributed by atoms with Crippen LogP contribution >= 0.6 is 0 Å². The number of benzene rings is 1. The van der Waals surface area contributed by atoms with Gasteiger partial charge in [-0.3, -0.25) is 0 Å². The number of aliphatic hydroxyl groups excluding tert-OH is 1. The lowest BCUT2D eigenvalue weighted by Crippen LogP contribution is -2.34. The lowest BCUT2D eigenvalue weighted by molar-refractivity contribution is -0.0730. The lowest BCUT2D eigenvalue weighted by Gasteiger charge is -2.34. The van der Waals surface area contributed by atoms with E-state index in [2.05, 4.69) is 20.8 Å². The molecule has 0 saturated heterocycles. The predicted octanol–water partition coefficient (Wildman–Crippen LogP) is 3.41. The van der Waals surface area contributed by atoms with Crippen molar-refractivity contribution in [3.63, 3.8) is 0 Å². The van der Waals surface area contributed by atoms with E-state index in [9.17, 15) is 5.11 Å². The molecule has 3 nitrogen and oxygen atoms in total. The topological polar surface area (TPSA) is 38.7 Å². The molecule has 0 heterocycles. The van der Waals surface area contributed by atoms with Gasteiger partial charge in [0, 0.05) is 12.7 Å². The van der Waals surface area contributed by atoms with Gasteiger partial charge in [0.25, 0.3) is 0 Å². The Morgan fingerprint density at radius 3 is 2.11 bits per heavy atom. The second kappa shape index (κ2) is 5.93. The van der Waals surface area contributed by atoms with Crippen molar-refractivity contribution in [1.29, 1.82) is 0 Å². The average Bonchev–Trinajstić information content (AvgIpc) is 2.31. The lowest BCUT2D eigenvalue weighted by atomic mass is 9.82. The van der Waals surface area contributed by atoms with E-state index in [4.69, 9.17) is 9.47 Å². The maximum Gasteiger partial charge on any atom is 0.127 e. The maximum absolute atomic E-state index is 10.6. The molecular weight excluding hydrogens is 240 g/mol. The molecule has 1 aromatic carbocycles. The zero-order chi connectivity index (χ0) is 14.8. The molecule has 0 aliphatic carbocycles. The Balaban J connectivity index is 3.26. The van der Waals surface area contributed by atoms with E-state index in [0.717, 1.165) is 22.4 Å². The van der Waals surface area contributed by atoms with Gasteiger partial charge < -0.3 is 14.6 Å².